The number of hydrogen-bond acceptors (Lipinski definition) is 3. The van der Waals surface area contributed by atoms with Crippen LogP contribution in [0.15, 0.2) is 35.3 Å². The first-order valence-electron chi connectivity index (χ1n) is 4.97. The molecular weight excluding hydrogens is 305 g/mol. The molecule has 3 nitrogen and oxygen atoms in total. The van der Waals surface area contributed by atoms with Crippen molar-refractivity contribution in [2.45, 2.75) is 6.04 Å². The van der Waals surface area contributed by atoms with Gasteiger partial charge in [-0.3, -0.25) is 5.32 Å². The number of benzene rings is 1. The van der Waals surface area contributed by atoms with E-state index >= 15 is 0 Å². The average molecular weight is 319 g/mol. The zero-order valence-electron chi connectivity index (χ0n) is 9.37. The molecule has 1 unspecified atom stereocenters. The lowest BCUT2D eigenvalue weighted by molar-refractivity contribution is -0.143. The monoisotopic (exact) mass is 317 g/mol. The van der Waals surface area contributed by atoms with Crippen molar-refractivity contribution in [2.24, 2.45) is 0 Å². The Labute approximate surface area is 114 Å². The quantitative estimate of drug-likeness (QED) is 0.670. The Kier molecular flexibility index (Phi) is 5.68. The minimum atomic E-state index is -0.594. The number of halogens is 2. The molecule has 0 fully saturated rings. The van der Waals surface area contributed by atoms with Crippen molar-refractivity contribution in [3.05, 3.63) is 45.9 Å². The molecule has 1 rings (SSSR count). The van der Waals surface area contributed by atoms with Crippen LogP contribution in [0.3, 0.4) is 0 Å². The second-order valence-corrected chi connectivity index (χ2v) is 4.64. The van der Waals surface area contributed by atoms with Crippen LogP contribution in [-0.2, 0) is 9.53 Å². The molecule has 0 radical (unpaired) electrons. The Morgan fingerprint density at radius 1 is 1.71 bits per heavy atom. The van der Waals surface area contributed by atoms with Gasteiger partial charge in [-0.15, -0.1) is 6.58 Å². The first-order chi connectivity index (χ1) is 8.10. The van der Waals surface area contributed by atoms with E-state index in [1.165, 1.54) is 7.11 Å². The van der Waals surface area contributed by atoms with E-state index < -0.39 is 6.04 Å². The molecule has 1 aromatic rings. The summed E-state index contributed by atoms with van der Waals surface area (Å²) < 4.78 is 5.60. The molecule has 92 valence electrons. The predicted molar refractivity (Wildman–Crippen MR) is 72.1 cm³/mol. The third-order valence-corrected chi connectivity index (χ3v) is 3.01. The Morgan fingerprint density at radius 2 is 2.41 bits per heavy atom. The molecule has 0 spiro atoms. The molecule has 5 heteroatoms. The van der Waals surface area contributed by atoms with E-state index in [4.69, 9.17) is 16.3 Å². The number of esters is 1. The molecule has 1 aromatic carbocycles. The summed E-state index contributed by atoms with van der Waals surface area (Å²) in [4.78, 5) is 11.7. The van der Waals surface area contributed by atoms with Gasteiger partial charge in [0.05, 0.1) is 7.11 Å². The van der Waals surface area contributed by atoms with E-state index in [0.717, 1.165) is 4.47 Å². The molecule has 0 aliphatic rings. The molecule has 1 N–H and O–H groups in total. The van der Waals surface area contributed by atoms with Gasteiger partial charge in [-0.1, -0.05) is 33.6 Å². The fourth-order valence-electron chi connectivity index (χ4n) is 1.38. The van der Waals surface area contributed by atoms with E-state index in [1.54, 1.807) is 18.2 Å². The Morgan fingerprint density at radius 3 is 3.00 bits per heavy atom. The molecule has 1 atom stereocenters. The van der Waals surface area contributed by atoms with Gasteiger partial charge in [0, 0.05) is 16.0 Å². The number of hydrogen-bond donors (Lipinski definition) is 1. The summed E-state index contributed by atoms with van der Waals surface area (Å²) in [7, 11) is 1.34. The standard InChI is InChI=1S/C12H13BrClNO2/c1-3-6-15-11(12(16)17-2)9-7-8(13)4-5-10(9)14/h3-5,7,11,15H,1,6H2,2H3. The van der Waals surface area contributed by atoms with Gasteiger partial charge in [0.15, 0.2) is 0 Å². The van der Waals surface area contributed by atoms with Gasteiger partial charge in [0.2, 0.25) is 0 Å². The van der Waals surface area contributed by atoms with Crippen LogP contribution in [0, 0.1) is 0 Å². The number of nitrogens with one attached hydrogen (secondary N) is 1. The van der Waals surface area contributed by atoms with E-state index in [-0.39, 0.29) is 5.97 Å². The van der Waals surface area contributed by atoms with Crippen molar-refractivity contribution in [3.8, 4) is 0 Å². The molecule has 0 aromatic heterocycles. The molecule has 0 saturated carbocycles. The molecular formula is C12H13BrClNO2. The Hall–Kier alpha value is -0.840. The fraction of sp³-hybridized carbons (Fsp3) is 0.250. The lowest BCUT2D eigenvalue weighted by atomic mass is 10.1. The molecule has 0 heterocycles. The number of ether oxygens (including phenoxy) is 1. The number of carbonyl (C=O) groups is 1. The van der Waals surface area contributed by atoms with Crippen LogP contribution < -0.4 is 5.32 Å². The molecule has 0 amide bonds. The molecule has 17 heavy (non-hydrogen) atoms. The van der Waals surface area contributed by atoms with Gasteiger partial charge in [0.1, 0.15) is 6.04 Å². The topological polar surface area (TPSA) is 38.3 Å². The lowest BCUT2D eigenvalue weighted by Gasteiger charge is -2.17. The second-order valence-electron chi connectivity index (χ2n) is 3.32. The maximum atomic E-state index is 11.7. The third-order valence-electron chi connectivity index (χ3n) is 2.17. The SMILES string of the molecule is C=CCNC(C(=O)OC)c1cc(Br)ccc1Cl. The van der Waals surface area contributed by atoms with Crippen LogP contribution in [0.1, 0.15) is 11.6 Å². The molecule has 0 aliphatic heterocycles. The molecule has 0 bridgehead atoms. The van der Waals surface area contributed by atoms with Crippen molar-refractivity contribution in [1.82, 2.24) is 5.32 Å². The van der Waals surface area contributed by atoms with Crippen LogP contribution in [0.25, 0.3) is 0 Å². The molecule has 0 saturated heterocycles. The zero-order valence-corrected chi connectivity index (χ0v) is 11.7. The highest BCUT2D eigenvalue weighted by molar-refractivity contribution is 9.10. The fourth-order valence-corrected chi connectivity index (χ4v) is 1.98. The largest absolute Gasteiger partial charge is 0.468 e. The van der Waals surface area contributed by atoms with Crippen LogP contribution in [0.2, 0.25) is 5.02 Å². The van der Waals surface area contributed by atoms with Gasteiger partial charge in [-0.2, -0.15) is 0 Å². The summed E-state index contributed by atoms with van der Waals surface area (Å²) in [5, 5.41) is 3.52. The van der Waals surface area contributed by atoms with E-state index in [1.807, 2.05) is 6.07 Å². The van der Waals surface area contributed by atoms with Crippen LogP contribution in [0.5, 0.6) is 0 Å². The highest BCUT2D eigenvalue weighted by Gasteiger charge is 2.22. The third kappa shape index (κ3) is 3.84. The van der Waals surface area contributed by atoms with Crippen molar-refractivity contribution in [3.63, 3.8) is 0 Å². The highest BCUT2D eigenvalue weighted by atomic mass is 79.9. The number of carbonyl (C=O) groups excluding carboxylic acids is 1. The van der Waals surface area contributed by atoms with Crippen LogP contribution in [0.4, 0.5) is 0 Å². The minimum absolute atomic E-state index is 0.383. The summed E-state index contributed by atoms with van der Waals surface area (Å²) >= 11 is 9.42. The first-order valence-corrected chi connectivity index (χ1v) is 6.14. The lowest BCUT2D eigenvalue weighted by Crippen LogP contribution is -2.30. The normalized spacial score (nSPS) is 11.9. The second kappa shape index (κ2) is 6.79. The van der Waals surface area contributed by atoms with Crippen molar-refractivity contribution in [1.29, 1.82) is 0 Å². The van der Waals surface area contributed by atoms with Crippen molar-refractivity contribution < 1.29 is 9.53 Å². The maximum Gasteiger partial charge on any atom is 0.327 e. The van der Waals surface area contributed by atoms with Crippen molar-refractivity contribution in [2.75, 3.05) is 13.7 Å². The summed E-state index contributed by atoms with van der Waals surface area (Å²) in [6, 6.07) is 4.74. The van der Waals surface area contributed by atoms with E-state index in [2.05, 4.69) is 27.8 Å². The summed E-state index contributed by atoms with van der Waals surface area (Å²) in [5.74, 6) is -0.383. The van der Waals surface area contributed by atoms with Crippen LogP contribution in [-0.4, -0.2) is 19.6 Å². The van der Waals surface area contributed by atoms with Crippen LogP contribution >= 0.6 is 27.5 Å². The highest BCUT2D eigenvalue weighted by Crippen LogP contribution is 2.27. The van der Waals surface area contributed by atoms with Gasteiger partial charge in [0.25, 0.3) is 0 Å². The van der Waals surface area contributed by atoms with E-state index in [0.29, 0.717) is 17.1 Å². The Balaban J connectivity index is 3.06. The predicted octanol–water partition coefficient (Wildman–Crippen LogP) is 3.09. The maximum absolute atomic E-state index is 11.7. The van der Waals surface area contributed by atoms with Gasteiger partial charge in [-0.05, 0) is 23.8 Å². The first kappa shape index (κ1) is 14.2. The number of rotatable bonds is 5. The minimum Gasteiger partial charge on any atom is -0.468 e. The molecule has 0 aliphatic carbocycles. The summed E-state index contributed by atoms with van der Waals surface area (Å²) in [6.45, 7) is 4.08. The van der Waals surface area contributed by atoms with E-state index in [9.17, 15) is 4.79 Å². The zero-order chi connectivity index (χ0) is 12.8. The smallest absolute Gasteiger partial charge is 0.327 e. The number of methoxy groups -OCH3 is 1. The van der Waals surface area contributed by atoms with Crippen molar-refractivity contribution >= 4 is 33.5 Å². The van der Waals surface area contributed by atoms with Gasteiger partial charge < -0.3 is 4.74 Å². The summed E-state index contributed by atoms with van der Waals surface area (Å²) in [6.07, 6.45) is 1.67. The Bertz CT molecular complexity index is 423. The van der Waals surface area contributed by atoms with Gasteiger partial charge in [-0.25, -0.2) is 4.79 Å². The summed E-state index contributed by atoms with van der Waals surface area (Å²) in [5.41, 5.74) is 0.676. The van der Waals surface area contributed by atoms with Gasteiger partial charge >= 0.3 is 5.97 Å². The average Bonchev–Trinajstić information content (AvgIpc) is 2.33.